The molecule has 3 unspecified atom stereocenters. The number of thiophene rings is 1. The number of benzene rings is 1. The van der Waals surface area contributed by atoms with Gasteiger partial charge in [-0.05, 0) is 89.0 Å². The molecule has 0 saturated heterocycles. The topological polar surface area (TPSA) is 55.4 Å². The van der Waals surface area contributed by atoms with E-state index in [9.17, 15) is 9.59 Å². The number of amides is 1. The van der Waals surface area contributed by atoms with E-state index in [2.05, 4.69) is 51.2 Å². The van der Waals surface area contributed by atoms with E-state index in [1.54, 1.807) is 0 Å². The van der Waals surface area contributed by atoms with Crippen LogP contribution in [0.3, 0.4) is 0 Å². The van der Waals surface area contributed by atoms with Crippen LogP contribution < -0.4 is 5.32 Å². The predicted octanol–water partition coefficient (Wildman–Crippen LogP) is 6.16. The van der Waals surface area contributed by atoms with Gasteiger partial charge in [0.05, 0.1) is 0 Å². The lowest BCUT2D eigenvalue weighted by molar-refractivity contribution is -0.125. The average Bonchev–Trinajstić information content (AvgIpc) is 3.21. The van der Waals surface area contributed by atoms with Crippen molar-refractivity contribution in [2.45, 2.75) is 78.1 Å². The van der Waals surface area contributed by atoms with Crippen molar-refractivity contribution in [2.24, 2.45) is 11.3 Å². The highest BCUT2D eigenvalue weighted by molar-refractivity contribution is 7.12. The van der Waals surface area contributed by atoms with E-state index in [0.717, 1.165) is 31.2 Å². The lowest BCUT2D eigenvalue weighted by Gasteiger charge is -2.55. The molecule has 0 spiro atoms. The van der Waals surface area contributed by atoms with Gasteiger partial charge in [0.25, 0.3) is 5.91 Å². The first-order valence-corrected chi connectivity index (χ1v) is 13.1. The molecule has 0 radical (unpaired) electrons. The highest BCUT2D eigenvalue weighted by Gasteiger charge is 2.51. The van der Waals surface area contributed by atoms with Crippen molar-refractivity contribution in [2.75, 3.05) is 13.2 Å². The summed E-state index contributed by atoms with van der Waals surface area (Å²) < 4.78 is 5.26. The normalized spacial score (nSPS) is 26.4. The van der Waals surface area contributed by atoms with E-state index >= 15 is 0 Å². The van der Waals surface area contributed by atoms with Crippen molar-refractivity contribution in [3.05, 3.63) is 56.8 Å². The summed E-state index contributed by atoms with van der Waals surface area (Å²) >= 11 is 1.35. The molecule has 5 heteroatoms. The van der Waals surface area contributed by atoms with Crippen LogP contribution in [0.25, 0.3) is 0 Å². The van der Waals surface area contributed by atoms with Gasteiger partial charge in [-0.15, -0.1) is 11.3 Å². The Hall–Kier alpha value is -2.14. The summed E-state index contributed by atoms with van der Waals surface area (Å²) in [7, 11) is 0. The molecular formula is C28H37NO3S. The Balaban J connectivity index is 1.42. The fourth-order valence-electron chi connectivity index (χ4n) is 6.34. The number of fused-ring (bicyclic) bond motifs is 3. The SMILES string of the molecule is Cc1ccsc1C(=O)OCC(=O)NCC1(C)CCCC2(C)c3ccc(C(C)C)cc3CCC12. The predicted molar refractivity (Wildman–Crippen MR) is 134 cm³/mol. The van der Waals surface area contributed by atoms with Crippen LogP contribution in [0.15, 0.2) is 29.6 Å². The molecular weight excluding hydrogens is 430 g/mol. The van der Waals surface area contributed by atoms with E-state index in [-0.39, 0.29) is 23.3 Å². The lowest BCUT2D eigenvalue weighted by Crippen LogP contribution is -2.53. The van der Waals surface area contributed by atoms with Gasteiger partial charge in [-0.1, -0.05) is 52.3 Å². The minimum Gasteiger partial charge on any atom is -0.451 e. The van der Waals surface area contributed by atoms with Crippen molar-refractivity contribution < 1.29 is 14.3 Å². The number of esters is 1. The fourth-order valence-corrected chi connectivity index (χ4v) is 7.16. The maximum absolute atomic E-state index is 12.5. The largest absolute Gasteiger partial charge is 0.451 e. The van der Waals surface area contributed by atoms with Gasteiger partial charge in [-0.3, -0.25) is 4.79 Å². The summed E-state index contributed by atoms with van der Waals surface area (Å²) in [5.41, 5.74) is 5.52. The Bertz CT molecular complexity index is 1040. The zero-order chi connectivity index (χ0) is 23.8. The number of nitrogens with one attached hydrogen (secondary N) is 1. The van der Waals surface area contributed by atoms with Gasteiger partial charge in [0.2, 0.25) is 0 Å². The zero-order valence-electron chi connectivity index (χ0n) is 20.6. The van der Waals surface area contributed by atoms with Crippen LogP contribution in [0.1, 0.15) is 91.2 Å². The minimum atomic E-state index is -0.418. The number of hydrogen-bond donors (Lipinski definition) is 1. The van der Waals surface area contributed by atoms with Crippen LogP contribution >= 0.6 is 11.3 Å². The van der Waals surface area contributed by atoms with Gasteiger partial charge < -0.3 is 10.1 Å². The Morgan fingerprint density at radius 3 is 2.70 bits per heavy atom. The molecule has 1 aromatic heterocycles. The summed E-state index contributed by atoms with van der Waals surface area (Å²) in [6.07, 6.45) is 5.74. The smallest absolute Gasteiger partial charge is 0.349 e. The molecule has 1 heterocycles. The van der Waals surface area contributed by atoms with Crippen LogP contribution in [0.5, 0.6) is 0 Å². The van der Waals surface area contributed by atoms with E-state index in [0.29, 0.717) is 23.3 Å². The van der Waals surface area contributed by atoms with Gasteiger partial charge in [-0.2, -0.15) is 0 Å². The average molecular weight is 468 g/mol. The first kappa shape index (κ1) is 24.0. The summed E-state index contributed by atoms with van der Waals surface area (Å²) in [5, 5.41) is 4.95. The molecule has 178 valence electrons. The zero-order valence-corrected chi connectivity index (χ0v) is 21.4. The summed E-state index contributed by atoms with van der Waals surface area (Å²) in [6.45, 7) is 11.6. The van der Waals surface area contributed by atoms with E-state index in [1.807, 2.05) is 18.4 Å². The van der Waals surface area contributed by atoms with Gasteiger partial charge in [0.1, 0.15) is 4.88 Å². The quantitative estimate of drug-likeness (QED) is 0.517. The van der Waals surface area contributed by atoms with E-state index in [1.165, 1.54) is 34.4 Å². The maximum Gasteiger partial charge on any atom is 0.349 e. The number of ether oxygens (including phenoxy) is 1. The molecule has 1 amide bonds. The molecule has 1 fully saturated rings. The molecule has 1 saturated carbocycles. The van der Waals surface area contributed by atoms with Crippen LogP contribution in [0, 0.1) is 18.3 Å². The van der Waals surface area contributed by atoms with Crippen molar-refractivity contribution in [1.29, 1.82) is 0 Å². The van der Waals surface area contributed by atoms with Gasteiger partial charge >= 0.3 is 5.97 Å². The van der Waals surface area contributed by atoms with Crippen molar-refractivity contribution in [3.63, 3.8) is 0 Å². The molecule has 4 rings (SSSR count). The molecule has 1 aromatic carbocycles. The van der Waals surface area contributed by atoms with Crippen LogP contribution in [0.2, 0.25) is 0 Å². The Kier molecular flexibility index (Phi) is 6.73. The second-order valence-corrected chi connectivity index (χ2v) is 11.8. The van der Waals surface area contributed by atoms with E-state index in [4.69, 9.17) is 4.74 Å². The Morgan fingerprint density at radius 2 is 2.00 bits per heavy atom. The van der Waals surface area contributed by atoms with Crippen LogP contribution in [-0.2, 0) is 21.4 Å². The molecule has 0 bridgehead atoms. The summed E-state index contributed by atoms with van der Waals surface area (Å²) in [4.78, 5) is 25.3. The second kappa shape index (κ2) is 9.25. The summed E-state index contributed by atoms with van der Waals surface area (Å²) in [5.74, 6) is 0.431. The monoisotopic (exact) mass is 467 g/mol. The molecule has 4 nitrogen and oxygen atoms in total. The van der Waals surface area contributed by atoms with Gasteiger partial charge in [0.15, 0.2) is 6.61 Å². The minimum absolute atomic E-state index is 0.0332. The number of aryl methyl sites for hydroxylation is 2. The molecule has 2 aliphatic rings. The molecule has 0 aliphatic heterocycles. The van der Waals surface area contributed by atoms with Crippen LogP contribution in [-0.4, -0.2) is 25.0 Å². The van der Waals surface area contributed by atoms with Crippen molar-refractivity contribution in [1.82, 2.24) is 5.32 Å². The molecule has 1 N–H and O–H groups in total. The highest BCUT2D eigenvalue weighted by Crippen LogP contribution is 2.57. The maximum atomic E-state index is 12.5. The molecule has 2 aliphatic carbocycles. The lowest BCUT2D eigenvalue weighted by atomic mass is 9.49. The van der Waals surface area contributed by atoms with Crippen molar-refractivity contribution in [3.8, 4) is 0 Å². The Labute approximate surface area is 202 Å². The fraction of sp³-hybridized carbons (Fsp3) is 0.571. The second-order valence-electron chi connectivity index (χ2n) is 10.9. The molecule has 33 heavy (non-hydrogen) atoms. The first-order chi connectivity index (χ1) is 15.6. The van der Waals surface area contributed by atoms with Gasteiger partial charge in [-0.25, -0.2) is 4.79 Å². The van der Waals surface area contributed by atoms with Gasteiger partial charge in [0, 0.05) is 6.54 Å². The van der Waals surface area contributed by atoms with E-state index < -0.39 is 5.97 Å². The summed E-state index contributed by atoms with van der Waals surface area (Å²) in [6, 6.07) is 9.01. The van der Waals surface area contributed by atoms with Crippen LogP contribution in [0.4, 0.5) is 0 Å². The number of rotatable bonds is 6. The third-order valence-corrected chi connectivity index (χ3v) is 9.24. The number of carbonyl (C=O) groups is 2. The standard InChI is InChI=1S/C28H37NO3S/c1-18(2)20-7-9-22-21(15-20)8-10-23-27(4,12-6-13-28(22,23)5)17-29-24(30)16-32-26(31)25-19(3)11-14-33-25/h7,9,11,14-15,18,23H,6,8,10,12-13,16-17H2,1-5H3,(H,29,30). The first-order valence-electron chi connectivity index (χ1n) is 12.3. The third-order valence-electron chi connectivity index (χ3n) is 8.24. The number of carbonyl (C=O) groups excluding carboxylic acids is 2. The highest BCUT2D eigenvalue weighted by atomic mass is 32.1. The molecule has 2 aromatic rings. The third kappa shape index (κ3) is 4.62. The Morgan fingerprint density at radius 1 is 1.21 bits per heavy atom. The van der Waals surface area contributed by atoms with Crippen molar-refractivity contribution >= 4 is 23.2 Å². The number of hydrogen-bond acceptors (Lipinski definition) is 4. The molecule has 3 atom stereocenters.